The predicted molar refractivity (Wildman–Crippen MR) is 102 cm³/mol. The maximum absolute atomic E-state index is 12.1. The molecule has 0 spiro atoms. The topological polar surface area (TPSA) is 116 Å². The van der Waals surface area contributed by atoms with Crippen molar-refractivity contribution in [2.45, 2.75) is 6.92 Å². The highest BCUT2D eigenvalue weighted by Crippen LogP contribution is 2.29. The van der Waals surface area contributed by atoms with Gasteiger partial charge in [0, 0.05) is 0 Å². The molecular weight excluding hydrogens is 368 g/mol. The first kappa shape index (κ1) is 18.4. The average Bonchev–Trinajstić information content (AvgIpc) is 2.94. The van der Waals surface area contributed by atoms with E-state index in [1.807, 2.05) is 6.92 Å². The molecule has 1 aliphatic rings. The van der Waals surface area contributed by atoms with Crippen LogP contribution in [-0.2, 0) is 4.79 Å². The van der Waals surface area contributed by atoms with Gasteiger partial charge in [-0.25, -0.2) is 14.6 Å². The van der Waals surface area contributed by atoms with Gasteiger partial charge >= 0.3 is 11.9 Å². The summed E-state index contributed by atoms with van der Waals surface area (Å²) in [5.74, 6) is -2.48. The highest BCUT2D eigenvalue weighted by molar-refractivity contribution is 8.18. The number of aliphatic imine (C=N–C) groups is 1. The Kier molecular flexibility index (Phi) is 5.09. The quantitative estimate of drug-likeness (QED) is 0.699. The fourth-order valence-corrected chi connectivity index (χ4v) is 3.21. The molecule has 1 heterocycles. The lowest BCUT2D eigenvalue weighted by Crippen LogP contribution is -2.19. The monoisotopic (exact) mass is 382 g/mol. The molecule has 0 aromatic heterocycles. The summed E-state index contributed by atoms with van der Waals surface area (Å²) < 4.78 is 0. The lowest BCUT2D eigenvalue weighted by molar-refractivity contribution is -0.115. The Bertz CT molecular complexity index is 1010. The first-order valence-electron chi connectivity index (χ1n) is 7.80. The zero-order valence-corrected chi connectivity index (χ0v) is 14.9. The number of amidine groups is 1. The summed E-state index contributed by atoms with van der Waals surface area (Å²) in [5, 5.41) is 21.1. The number of carbonyl (C=O) groups is 3. The summed E-state index contributed by atoms with van der Waals surface area (Å²) in [6, 6.07) is 10.9. The van der Waals surface area contributed by atoms with E-state index in [9.17, 15) is 19.5 Å². The van der Waals surface area contributed by atoms with Crippen molar-refractivity contribution in [2.75, 3.05) is 0 Å². The van der Waals surface area contributed by atoms with Crippen molar-refractivity contribution < 1.29 is 24.6 Å². The molecule has 1 aliphatic heterocycles. The highest BCUT2D eigenvalue weighted by Gasteiger charge is 2.24. The summed E-state index contributed by atoms with van der Waals surface area (Å²) >= 11 is 1.09. The van der Waals surface area contributed by atoms with Gasteiger partial charge in [0.25, 0.3) is 5.91 Å². The van der Waals surface area contributed by atoms with Crippen molar-refractivity contribution in [3.05, 3.63) is 69.6 Å². The van der Waals surface area contributed by atoms with Crippen molar-refractivity contribution in [1.82, 2.24) is 5.32 Å². The summed E-state index contributed by atoms with van der Waals surface area (Å²) in [6.45, 7) is 1.82. The standard InChI is InChI=1S/C19H14N2O5S/c1-10-2-7-13(18(25)26)14(8-10)20-19-21-16(22)15(27-19)9-11-3-5-12(6-4-11)17(23)24/h2-9H,1H3,(H,23,24)(H,25,26)(H,20,21,22)/b15-9-. The van der Waals surface area contributed by atoms with Gasteiger partial charge in [0.15, 0.2) is 5.17 Å². The fourth-order valence-electron chi connectivity index (χ4n) is 2.38. The molecule has 0 saturated carbocycles. The number of benzene rings is 2. The Hall–Kier alpha value is -3.39. The van der Waals surface area contributed by atoms with Crippen LogP contribution in [0.2, 0.25) is 0 Å². The van der Waals surface area contributed by atoms with E-state index in [4.69, 9.17) is 5.11 Å². The second-order valence-corrected chi connectivity index (χ2v) is 6.77. The lowest BCUT2D eigenvalue weighted by Gasteiger charge is -2.03. The molecule has 0 aliphatic carbocycles. The molecule has 1 saturated heterocycles. The molecule has 3 N–H and O–H groups in total. The smallest absolute Gasteiger partial charge is 0.337 e. The van der Waals surface area contributed by atoms with Gasteiger partial charge in [-0.05, 0) is 60.2 Å². The third kappa shape index (κ3) is 4.24. The van der Waals surface area contributed by atoms with Gasteiger partial charge in [0.1, 0.15) is 0 Å². The molecule has 8 heteroatoms. The summed E-state index contributed by atoms with van der Waals surface area (Å²) in [5.41, 5.74) is 1.98. The van der Waals surface area contributed by atoms with Crippen LogP contribution in [0.1, 0.15) is 31.8 Å². The Morgan fingerprint density at radius 3 is 2.41 bits per heavy atom. The number of thioether (sulfide) groups is 1. The van der Waals surface area contributed by atoms with Gasteiger partial charge in [-0.1, -0.05) is 18.2 Å². The number of aryl methyl sites for hydroxylation is 1. The van der Waals surface area contributed by atoms with Gasteiger partial charge < -0.3 is 15.5 Å². The number of rotatable bonds is 4. The molecule has 3 rings (SSSR count). The van der Waals surface area contributed by atoms with Gasteiger partial charge in [-0.2, -0.15) is 0 Å². The molecule has 27 heavy (non-hydrogen) atoms. The van der Waals surface area contributed by atoms with Crippen molar-refractivity contribution >= 4 is 46.5 Å². The molecule has 0 bridgehead atoms. The highest BCUT2D eigenvalue weighted by atomic mass is 32.2. The van der Waals surface area contributed by atoms with Crippen LogP contribution in [0.4, 0.5) is 5.69 Å². The van der Waals surface area contributed by atoms with Crippen LogP contribution in [0.5, 0.6) is 0 Å². The van der Waals surface area contributed by atoms with Crippen LogP contribution in [-0.4, -0.2) is 33.2 Å². The minimum Gasteiger partial charge on any atom is -0.478 e. The molecule has 1 fully saturated rings. The number of carboxylic acids is 2. The van der Waals surface area contributed by atoms with E-state index in [-0.39, 0.29) is 27.9 Å². The van der Waals surface area contributed by atoms with E-state index in [0.29, 0.717) is 10.5 Å². The number of nitrogens with zero attached hydrogens (tertiary/aromatic N) is 1. The van der Waals surface area contributed by atoms with Crippen molar-refractivity contribution in [3.8, 4) is 0 Å². The number of amides is 1. The fraction of sp³-hybridized carbons (Fsp3) is 0.0526. The molecule has 0 radical (unpaired) electrons. The Labute approximate surface area is 158 Å². The average molecular weight is 382 g/mol. The molecule has 1 amide bonds. The Balaban J connectivity index is 1.87. The van der Waals surface area contributed by atoms with E-state index in [1.54, 1.807) is 30.3 Å². The van der Waals surface area contributed by atoms with Gasteiger partial charge in [0.2, 0.25) is 0 Å². The Morgan fingerprint density at radius 1 is 1.07 bits per heavy atom. The maximum Gasteiger partial charge on any atom is 0.337 e. The second-order valence-electron chi connectivity index (χ2n) is 5.73. The van der Waals surface area contributed by atoms with Gasteiger partial charge in [-0.3, -0.25) is 4.79 Å². The van der Waals surface area contributed by atoms with E-state index in [2.05, 4.69) is 10.3 Å². The molecule has 136 valence electrons. The minimum absolute atomic E-state index is 0.0460. The van der Waals surface area contributed by atoms with Crippen molar-refractivity contribution in [3.63, 3.8) is 0 Å². The van der Waals surface area contributed by atoms with Crippen LogP contribution in [0, 0.1) is 6.92 Å². The molecule has 7 nitrogen and oxygen atoms in total. The summed E-state index contributed by atoms with van der Waals surface area (Å²) in [7, 11) is 0. The van der Waals surface area contributed by atoms with E-state index in [0.717, 1.165) is 17.3 Å². The van der Waals surface area contributed by atoms with Crippen LogP contribution >= 0.6 is 11.8 Å². The predicted octanol–water partition coefficient (Wildman–Crippen LogP) is 3.28. The molecule has 0 atom stereocenters. The number of aromatic carboxylic acids is 2. The summed E-state index contributed by atoms with van der Waals surface area (Å²) in [6.07, 6.45) is 1.61. The van der Waals surface area contributed by atoms with Crippen LogP contribution in [0.25, 0.3) is 6.08 Å². The van der Waals surface area contributed by atoms with Crippen LogP contribution < -0.4 is 5.32 Å². The minimum atomic E-state index is -1.10. The normalized spacial score (nSPS) is 16.6. The largest absolute Gasteiger partial charge is 0.478 e. The van der Waals surface area contributed by atoms with E-state index < -0.39 is 11.9 Å². The number of hydrogen-bond acceptors (Lipinski definition) is 5. The van der Waals surface area contributed by atoms with E-state index >= 15 is 0 Å². The maximum atomic E-state index is 12.1. The van der Waals surface area contributed by atoms with Gasteiger partial charge in [-0.15, -0.1) is 0 Å². The Morgan fingerprint density at radius 2 is 1.78 bits per heavy atom. The molecule has 0 unspecified atom stereocenters. The summed E-state index contributed by atoms with van der Waals surface area (Å²) in [4.78, 5) is 39.0. The van der Waals surface area contributed by atoms with Crippen molar-refractivity contribution in [2.24, 2.45) is 4.99 Å². The lowest BCUT2D eigenvalue weighted by atomic mass is 10.1. The molecular formula is C19H14N2O5S. The van der Waals surface area contributed by atoms with Crippen molar-refractivity contribution in [1.29, 1.82) is 0 Å². The van der Waals surface area contributed by atoms with Crippen LogP contribution in [0.15, 0.2) is 52.4 Å². The van der Waals surface area contributed by atoms with E-state index in [1.165, 1.54) is 18.2 Å². The number of hydrogen-bond donors (Lipinski definition) is 3. The zero-order valence-electron chi connectivity index (χ0n) is 14.1. The first-order chi connectivity index (χ1) is 12.8. The van der Waals surface area contributed by atoms with Crippen LogP contribution in [0.3, 0.4) is 0 Å². The SMILES string of the molecule is Cc1ccc(C(=O)O)c(N=C2NC(=O)/C(=C/c3ccc(C(=O)O)cc3)S2)c1. The molecule has 2 aromatic rings. The molecule has 2 aromatic carbocycles. The first-order valence-corrected chi connectivity index (χ1v) is 8.62. The number of nitrogens with one attached hydrogen (secondary N) is 1. The third-order valence-electron chi connectivity index (χ3n) is 3.71. The van der Waals surface area contributed by atoms with Gasteiger partial charge in [0.05, 0.1) is 21.7 Å². The number of carboxylic acid groups (broad SMARTS) is 2. The zero-order chi connectivity index (χ0) is 19.6. The third-order valence-corrected chi connectivity index (χ3v) is 4.62. The second kappa shape index (κ2) is 7.46. The number of carbonyl (C=O) groups excluding carboxylic acids is 1.